The van der Waals surface area contributed by atoms with Crippen LogP contribution in [0.2, 0.25) is 0 Å². The predicted octanol–water partition coefficient (Wildman–Crippen LogP) is 2.40. The van der Waals surface area contributed by atoms with Crippen molar-refractivity contribution >= 4 is 34.0 Å². The molecule has 0 bridgehead atoms. The lowest BCUT2D eigenvalue weighted by Crippen LogP contribution is -2.38. The highest BCUT2D eigenvalue weighted by Crippen LogP contribution is 2.27. The molecule has 1 aromatic rings. The summed E-state index contributed by atoms with van der Waals surface area (Å²) in [6.45, 7) is 5.74. The zero-order valence-electron chi connectivity index (χ0n) is 10.5. The molecule has 94 valence electrons. The van der Waals surface area contributed by atoms with Crippen molar-refractivity contribution in [3.63, 3.8) is 0 Å². The number of halogens is 1. The Morgan fingerprint density at radius 2 is 2.12 bits per heavy atom. The van der Waals surface area contributed by atoms with Crippen LogP contribution in [0, 0.1) is 3.57 Å². The zero-order valence-corrected chi connectivity index (χ0v) is 12.6. The molecule has 1 aliphatic rings. The maximum absolute atomic E-state index is 5.81. The van der Waals surface area contributed by atoms with Crippen molar-refractivity contribution in [3.05, 3.63) is 21.8 Å². The van der Waals surface area contributed by atoms with Gasteiger partial charge >= 0.3 is 0 Å². The van der Waals surface area contributed by atoms with Crippen molar-refractivity contribution in [2.45, 2.75) is 19.4 Å². The largest absolute Gasteiger partial charge is 0.399 e. The van der Waals surface area contributed by atoms with Crippen LogP contribution in [-0.2, 0) is 0 Å². The molecule has 4 heteroatoms. The van der Waals surface area contributed by atoms with Crippen molar-refractivity contribution in [3.8, 4) is 0 Å². The number of anilines is 2. The molecule has 1 unspecified atom stereocenters. The second-order valence-electron chi connectivity index (χ2n) is 4.87. The van der Waals surface area contributed by atoms with Gasteiger partial charge in [0.05, 0.1) is 5.69 Å². The normalized spacial score (nSPS) is 22.5. The maximum atomic E-state index is 5.81. The number of nitrogens with zero attached hydrogens (tertiary/aromatic N) is 2. The minimum atomic E-state index is 0.555. The quantitative estimate of drug-likeness (QED) is 0.627. The van der Waals surface area contributed by atoms with Crippen LogP contribution in [0.3, 0.4) is 0 Å². The first-order valence-electron chi connectivity index (χ1n) is 6.08. The summed E-state index contributed by atoms with van der Waals surface area (Å²) in [5.41, 5.74) is 7.98. The standard InChI is InChI=1S/C13H20IN3/c1-10-9-16(2)6-3-7-17(10)13-5-4-11(15)8-12(13)14/h4-5,8,10H,3,6-7,9,15H2,1-2H3. The van der Waals surface area contributed by atoms with E-state index in [-0.39, 0.29) is 0 Å². The molecule has 1 fully saturated rings. The number of hydrogen-bond donors (Lipinski definition) is 1. The van der Waals surface area contributed by atoms with Gasteiger partial charge in [-0.15, -0.1) is 0 Å². The van der Waals surface area contributed by atoms with Crippen molar-refractivity contribution < 1.29 is 0 Å². The highest BCUT2D eigenvalue weighted by molar-refractivity contribution is 14.1. The molecule has 0 aliphatic carbocycles. The van der Waals surface area contributed by atoms with Gasteiger partial charge in [-0.2, -0.15) is 0 Å². The second-order valence-corrected chi connectivity index (χ2v) is 6.03. The van der Waals surface area contributed by atoms with Gasteiger partial charge in [0.15, 0.2) is 0 Å². The Morgan fingerprint density at radius 3 is 2.82 bits per heavy atom. The van der Waals surface area contributed by atoms with Crippen LogP contribution in [0.1, 0.15) is 13.3 Å². The van der Waals surface area contributed by atoms with E-state index in [1.54, 1.807) is 0 Å². The Bertz CT molecular complexity index is 394. The van der Waals surface area contributed by atoms with Gasteiger partial charge in [0.1, 0.15) is 0 Å². The molecule has 3 nitrogen and oxygen atoms in total. The molecular weight excluding hydrogens is 325 g/mol. The van der Waals surface area contributed by atoms with Gasteiger partial charge in [-0.05, 0) is 67.7 Å². The smallest absolute Gasteiger partial charge is 0.0506 e. The van der Waals surface area contributed by atoms with E-state index in [2.05, 4.69) is 58.5 Å². The third-order valence-electron chi connectivity index (χ3n) is 3.33. The lowest BCUT2D eigenvalue weighted by atomic mass is 10.2. The Balaban J connectivity index is 2.25. The van der Waals surface area contributed by atoms with Crippen molar-refractivity contribution in [1.82, 2.24) is 4.90 Å². The molecule has 17 heavy (non-hydrogen) atoms. The molecule has 1 saturated heterocycles. The molecule has 0 radical (unpaired) electrons. The van der Waals surface area contributed by atoms with E-state index in [0.717, 1.165) is 18.8 Å². The van der Waals surface area contributed by atoms with Crippen LogP contribution in [0.25, 0.3) is 0 Å². The molecule has 1 heterocycles. The Labute approximate surface area is 117 Å². The number of likely N-dealkylation sites (N-methyl/N-ethyl adjacent to an activating group) is 1. The van der Waals surface area contributed by atoms with Crippen LogP contribution in [0.15, 0.2) is 18.2 Å². The van der Waals surface area contributed by atoms with E-state index in [4.69, 9.17) is 5.73 Å². The van der Waals surface area contributed by atoms with Crippen molar-refractivity contribution in [2.75, 3.05) is 37.3 Å². The molecular formula is C13H20IN3. The van der Waals surface area contributed by atoms with Crippen LogP contribution in [0.4, 0.5) is 11.4 Å². The highest BCUT2D eigenvalue weighted by Gasteiger charge is 2.21. The van der Waals surface area contributed by atoms with Crippen LogP contribution in [0.5, 0.6) is 0 Å². The maximum Gasteiger partial charge on any atom is 0.0506 e. The van der Waals surface area contributed by atoms with Gasteiger partial charge in [0.25, 0.3) is 0 Å². The third kappa shape index (κ3) is 3.04. The van der Waals surface area contributed by atoms with Crippen LogP contribution < -0.4 is 10.6 Å². The van der Waals surface area contributed by atoms with Gasteiger partial charge in [-0.1, -0.05) is 0 Å². The number of hydrogen-bond acceptors (Lipinski definition) is 3. The van der Waals surface area contributed by atoms with E-state index >= 15 is 0 Å². The fourth-order valence-corrected chi connectivity index (χ4v) is 3.34. The summed E-state index contributed by atoms with van der Waals surface area (Å²) in [5, 5.41) is 0. The second kappa shape index (κ2) is 5.44. The fourth-order valence-electron chi connectivity index (χ4n) is 2.49. The molecule has 1 atom stereocenters. The first kappa shape index (κ1) is 13.0. The zero-order chi connectivity index (χ0) is 12.4. The summed E-state index contributed by atoms with van der Waals surface area (Å²) in [5.74, 6) is 0. The van der Waals surface area contributed by atoms with Crippen molar-refractivity contribution in [1.29, 1.82) is 0 Å². The lowest BCUT2D eigenvalue weighted by Gasteiger charge is -2.31. The molecule has 0 amide bonds. The van der Waals surface area contributed by atoms with E-state index in [1.165, 1.54) is 22.2 Å². The van der Waals surface area contributed by atoms with Crippen molar-refractivity contribution in [2.24, 2.45) is 0 Å². The number of benzene rings is 1. The average molecular weight is 345 g/mol. The van der Waals surface area contributed by atoms with Gasteiger partial charge in [0.2, 0.25) is 0 Å². The molecule has 0 saturated carbocycles. The van der Waals surface area contributed by atoms with Crippen LogP contribution >= 0.6 is 22.6 Å². The third-order valence-corrected chi connectivity index (χ3v) is 4.19. The van der Waals surface area contributed by atoms with E-state index in [9.17, 15) is 0 Å². The first-order chi connectivity index (χ1) is 8.08. The minimum absolute atomic E-state index is 0.555. The van der Waals surface area contributed by atoms with E-state index in [1.807, 2.05) is 6.07 Å². The van der Waals surface area contributed by atoms with Gasteiger partial charge in [-0.25, -0.2) is 0 Å². The number of nitrogens with two attached hydrogens (primary N) is 1. The SMILES string of the molecule is CC1CN(C)CCCN1c1ccc(N)cc1I. The van der Waals surface area contributed by atoms with E-state index in [0.29, 0.717) is 6.04 Å². The summed E-state index contributed by atoms with van der Waals surface area (Å²) in [4.78, 5) is 4.92. The lowest BCUT2D eigenvalue weighted by molar-refractivity contribution is 0.337. The molecule has 1 aliphatic heterocycles. The fraction of sp³-hybridized carbons (Fsp3) is 0.538. The van der Waals surface area contributed by atoms with E-state index < -0.39 is 0 Å². The molecule has 0 spiro atoms. The first-order valence-corrected chi connectivity index (χ1v) is 7.16. The van der Waals surface area contributed by atoms with Gasteiger partial charge in [-0.3, -0.25) is 0 Å². The summed E-state index contributed by atoms with van der Waals surface area (Å²) in [7, 11) is 2.20. The topological polar surface area (TPSA) is 32.5 Å². The molecule has 2 N–H and O–H groups in total. The predicted molar refractivity (Wildman–Crippen MR) is 82.5 cm³/mol. The number of rotatable bonds is 1. The Kier molecular flexibility index (Phi) is 4.14. The minimum Gasteiger partial charge on any atom is -0.399 e. The number of nitrogen functional groups attached to an aromatic ring is 1. The average Bonchev–Trinajstić information content (AvgIpc) is 2.40. The summed E-state index contributed by atoms with van der Waals surface area (Å²) in [6, 6.07) is 6.76. The summed E-state index contributed by atoms with van der Waals surface area (Å²) >= 11 is 2.38. The Hall–Kier alpha value is -0.490. The molecule has 1 aromatic carbocycles. The summed E-state index contributed by atoms with van der Waals surface area (Å²) < 4.78 is 1.25. The summed E-state index contributed by atoms with van der Waals surface area (Å²) in [6.07, 6.45) is 1.22. The van der Waals surface area contributed by atoms with Gasteiger partial charge < -0.3 is 15.5 Å². The Morgan fingerprint density at radius 1 is 1.35 bits per heavy atom. The highest BCUT2D eigenvalue weighted by atomic mass is 127. The molecule has 0 aromatic heterocycles. The molecule has 2 rings (SSSR count). The van der Waals surface area contributed by atoms with Gasteiger partial charge in [0, 0.05) is 28.4 Å². The van der Waals surface area contributed by atoms with Crippen LogP contribution in [-0.4, -0.2) is 37.6 Å². The monoisotopic (exact) mass is 345 g/mol.